The van der Waals surface area contributed by atoms with Gasteiger partial charge in [0.15, 0.2) is 0 Å². The Morgan fingerprint density at radius 2 is 1.92 bits per heavy atom. The summed E-state index contributed by atoms with van der Waals surface area (Å²) < 4.78 is 0. The third-order valence-electron chi connectivity index (χ3n) is 2.24. The van der Waals surface area contributed by atoms with Gasteiger partial charge in [0.1, 0.15) is 0 Å². The van der Waals surface area contributed by atoms with E-state index in [9.17, 15) is 4.79 Å². The van der Waals surface area contributed by atoms with Gasteiger partial charge < -0.3 is 16.4 Å². The summed E-state index contributed by atoms with van der Waals surface area (Å²) in [5.74, 6) is 0.0113. The Morgan fingerprint density at radius 3 is 2.42 bits per heavy atom. The van der Waals surface area contributed by atoms with E-state index in [0.29, 0.717) is 0 Å². The molecule has 0 aliphatic carbocycles. The fraction of sp³-hybridized carbons (Fsp3) is 0.875. The zero-order valence-corrected chi connectivity index (χ0v) is 7.33. The second-order valence-corrected chi connectivity index (χ2v) is 3.23. The molecule has 1 atom stereocenters. The van der Waals surface area contributed by atoms with Crippen LogP contribution in [0.4, 0.5) is 0 Å². The Balaban J connectivity index is 2.39. The van der Waals surface area contributed by atoms with Crippen LogP contribution in [0.1, 0.15) is 19.3 Å². The second-order valence-electron chi connectivity index (χ2n) is 3.23. The molecule has 0 saturated carbocycles. The van der Waals surface area contributed by atoms with Gasteiger partial charge in [0, 0.05) is 19.6 Å². The van der Waals surface area contributed by atoms with Crippen LogP contribution in [-0.2, 0) is 4.79 Å². The van der Waals surface area contributed by atoms with Crippen molar-refractivity contribution >= 4 is 5.91 Å². The van der Waals surface area contributed by atoms with Crippen LogP contribution < -0.4 is 11.5 Å². The van der Waals surface area contributed by atoms with Crippen LogP contribution in [-0.4, -0.2) is 36.5 Å². The van der Waals surface area contributed by atoms with Crippen molar-refractivity contribution in [1.82, 2.24) is 4.90 Å². The van der Waals surface area contributed by atoms with Crippen LogP contribution in [0.15, 0.2) is 0 Å². The Kier molecular flexibility index (Phi) is 3.49. The molecule has 4 N–H and O–H groups in total. The van der Waals surface area contributed by atoms with Gasteiger partial charge in [0.2, 0.25) is 5.91 Å². The van der Waals surface area contributed by atoms with E-state index in [0.717, 1.165) is 25.9 Å². The fourth-order valence-corrected chi connectivity index (χ4v) is 1.45. The highest BCUT2D eigenvalue weighted by molar-refractivity contribution is 5.81. The van der Waals surface area contributed by atoms with Crippen molar-refractivity contribution in [2.45, 2.75) is 25.3 Å². The maximum Gasteiger partial charge on any atom is 0.240 e. The number of rotatable bonds is 2. The van der Waals surface area contributed by atoms with E-state index in [1.54, 1.807) is 0 Å². The minimum Gasteiger partial charge on any atom is -0.341 e. The molecule has 1 fully saturated rings. The molecule has 0 aromatic heterocycles. The number of likely N-dealkylation sites (tertiary alicyclic amines) is 1. The molecular weight excluding hydrogens is 154 g/mol. The molecule has 1 aliphatic rings. The molecule has 0 radical (unpaired) electrons. The average Bonchev–Trinajstić information content (AvgIpc) is 2.17. The Bertz CT molecular complexity index is 154. The number of nitrogens with zero attached hydrogens (tertiary/aromatic N) is 1. The summed E-state index contributed by atoms with van der Waals surface area (Å²) >= 11 is 0. The van der Waals surface area contributed by atoms with Gasteiger partial charge in [-0.15, -0.1) is 0 Å². The molecule has 0 bridgehead atoms. The zero-order valence-electron chi connectivity index (χ0n) is 7.33. The topological polar surface area (TPSA) is 72.3 Å². The lowest BCUT2D eigenvalue weighted by Crippen LogP contribution is -2.49. The number of carbonyl (C=O) groups excluding carboxylic acids is 1. The molecule has 1 aliphatic heterocycles. The van der Waals surface area contributed by atoms with Crippen molar-refractivity contribution in [2.24, 2.45) is 11.5 Å². The van der Waals surface area contributed by atoms with Crippen LogP contribution in [0.2, 0.25) is 0 Å². The molecule has 1 amide bonds. The summed E-state index contributed by atoms with van der Waals surface area (Å²) in [6.07, 6.45) is 3.42. The van der Waals surface area contributed by atoms with Crippen LogP contribution in [0.5, 0.6) is 0 Å². The number of hydrogen-bond donors (Lipinski definition) is 2. The average molecular weight is 171 g/mol. The van der Waals surface area contributed by atoms with E-state index in [-0.39, 0.29) is 12.5 Å². The van der Waals surface area contributed by atoms with Gasteiger partial charge in [-0.1, -0.05) is 0 Å². The Morgan fingerprint density at radius 1 is 1.33 bits per heavy atom. The van der Waals surface area contributed by atoms with Crippen LogP contribution in [0.25, 0.3) is 0 Å². The van der Waals surface area contributed by atoms with Gasteiger partial charge in [0.25, 0.3) is 0 Å². The minimum absolute atomic E-state index is 0.0113. The third kappa shape index (κ3) is 2.19. The number of hydrogen-bond acceptors (Lipinski definition) is 3. The Hall–Kier alpha value is -0.610. The molecule has 70 valence electrons. The summed E-state index contributed by atoms with van der Waals surface area (Å²) in [4.78, 5) is 13.3. The van der Waals surface area contributed by atoms with E-state index in [2.05, 4.69) is 0 Å². The molecule has 1 saturated heterocycles. The molecule has 0 spiro atoms. The highest BCUT2D eigenvalue weighted by Crippen LogP contribution is 2.09. The van der Waals surface area contributed by atoms with Crippen molar-refractivity contribution in [3.8, 4) is 0 Å². The molecule has 1 heterocycles. The normalized spacial score (nSPS) is 20.7. The highest BCUT2D eigenvalue weighted by atomic mass is 16.2. The largest absolute Gasteiger partial charge is 0.341 e. The lowest BCUT2D eigenvalue weighted by molar-refractivity contribution is -0.133. The molecular formula is C8H17N3O. The lowest BCUT2D eigenvalue weighted by Gasteiger charge is -2.28. The molecule has 4 heteroatoms. The summed E-state index contributed by atoms with van der Waals surface area (Å²) in [5.41, 5.74) is 10.8. The van der Waals surface area contributed by atoms with Gasteiger partial charge in [-0.05, 0) is 19.3 Å². The first-order valence-electron chi connectivity index (χ1n) is 4.50. The van der Waals surface area contributed by atoms with E-state index in [4.69, 9.17) is 11.5 Å². The maximum atomic E-state index is 11.5. The monoisotopic (exact) mass is 171 g/mol. The smallest absolute Gasteiger partial charge is 0.240 e. The first-order chi connectivity index (χ1) is 5.75. The quantitative estimate of drug-likeness (QED) is 0.576. The van der Waals surface area contributed by atoms with E-state index in [1.807, 2.05) is 4.90 Å². The van der Waals surface area contributed by atoms with Crippen molar-refractivity contribution in [2.75, 3.05) is 19.6 Å². The van der Waals surface area contributed by atoms with Crippen molar-refractivity contribution in [3.05, 3.63) is 0 Å². The SMILES string of the molecule is NCC(N)C(=O)N1CCCCC1. The predicted molar refractivity (Wildman–Crippen MR) is 47.5 cm³/mol. The standard InChI is InChI=1S/C8H17N3O/c9-6-7(10)8(12)11-4-2-1-3-5-11/h7H,1-6,9-10H2. The molecule has 1 rings (SSSR count). The van der Waals surface area contributed by atoms with Gasteiger partial charge >= 0.3 is 0 Å². The van der Waals surface area contributed by atoms with Gasteiger partial charge in [-0.3, -0.25) is 4.79 Å². The lowest BCUT2D eigenvalue weighted by atomic mass is 10.1. The van der Waals surface area contributed by atoms with Crippen LogP contribution in [0.3, 0.4) is 0 Å². The second kappa shape index (κ2) is 4.42. The van der Waals surface area contributed by atoms with Crippen LogP contribution >= 0.6 is 0 Å². The number of piperidine rings is 1. The summed E-state index contributed by atoms with van der Waals surface area (Å²) in [7, 11) is 0. The number of amides is 1. The first-order valence-corrected chi connectivity index (χ1v) is 4.50. The molecule has 1 unspecified atom stereocenters. The minimum atomic E-state index is -0.497. The van der Waals surface area contributed by atoms with Crippen molar-refractivity contribution < 1.29 is 4.79 Å². The number of carbonyl (C=O) groups is 1. The molecule has 12 heavy (non-hydrogen) atoms. The fourth-order valence-electron chi connectivity index (χ4n) is 1.45. The number of nitrogens with two attached hydrogens (primary N) is 2. The van der Waals surface area contributed by atoms with Gasteiger partial charge in [-0.25, -0.2) is 0 Å². The predicted octanol–water partition coefficient (Wildman–Crippen LogP) is -0.715. The molecule has 0 aromatic rings. The van der Waals surface area contributed by atoms with E-state index in [1.165, 1.54) is 6.42 Å². The van der Waals surface area contributed by atoms with Crippen LogP contribution in [0, 0.1) is 0 Å². The molecule has 0 aromatic carbocycles. The summed E-state index contributed by atoms with van der Waals surface area (Å²) in [6, 6.07) is -0.497. The van der Waals surface area contributed by atoms with Gasteiger partial charge in [-0.2, -0.15) is 0 Å². The van der Waals surface area contributed by atoms with Crippen molar-refractivity contribution in [1.29, 1.82) is 0 Å². The summed E-state index contributed by atoms with van der Waals surface area (Å²) in [6.45, 7) is 1.95. The van der Waals surface area contributed by atoms with E-state index < -0.39 is 6.04 Å². The zero-order chi connectivity index (χ0) is 8.97. The molecule has 4 nitrogen and oxygen atoms in total. The maximum absolute atomic E-state index is 11.5. The first kappa shape index (κ1) is 9.48. The third-order valence-corrected chi connectivity index (χ3v) is 2.24. The highest BCUT2D eigenvalue weighted by Gasteiger charge is 2.20. The van der Waals surface area contributed by atoms with Crippen molar-refractivity contribution in [3.63, 3.8) is 0 Å². The van der Waals surface area contributed by atoms with E-state index >= 15 is 0 Å². The summed E-state index contributed by atoms with van der Waals surface area (Å²) in [5, 5.41) is 0. The van der Waals surface area contributed by atoms with Gasteiger partial charge in [0.05, 0.1) is 6.04 Å². The Labute approximate surface area is 72.9 Å².